The molecule has 0 radical (unpaired) electrons. The van der Waals surface area contributed by atoms with Crippen molar-refractivity contribution in [1.82, 2.24) is 4.90 Å². The molecule has 3 heteroatoms. The molecule has 78 valence electrons. The monoisotopic (exact) mass is 189 g/mol. The Morgan fingerprint density at radius 3 is 2.46 bits per heavy atom. The lowest BCUT2D eigenvalue weighted by Gasteiger charge is -2.21. The SMILES string of the molecule is CC/C(=C\F)C(COC)CN(C)C. The van der Waals surface area contributed by atoms with Crippen molar-refractivity contribution in [2.75, 3.05) is 34.4 Å². The normalized spacial score (nSPS) is 15.1. The highest BCUT2D eigenvalue weighted by molar-refractivity contribution is 5.03. The summed E-state index contributed by atoms with van der Waals surface area (Å²) in [7, 11) is 5.61. The summed E-state index contributed by atoms with van der Waals surface area (Å²) in [5, 5.41) is 0. The van der Waals surface area contributed by atoms with Crippen LogP contribution in [0.3, 0.4) is 0 Å². The molecule has 0 saturated carbocycles. The van der Waals surface area contributed by atoms with Crippen LogP contribution in [0.15, 0.2) is 11.9 Å². The van der Waals surface area contributed by atoms with E-state index in [0.717, 1.165) is 18.5 Å². The van der Waals surface area contributed by atoms with Crippen molar-refractivity contribution in [2.45, 2.75) is 13.3 Å². The standard InChI is InChI=1S/C10H20FNO/c1-5-9(6-11)10(8-13-4)7-12(2)3/h6,10H,5,7-8H2,1-4H3/b9-6+. The smallest absolute Gasteiger partial charge is 0.0862 e. The highest BCUT2D eigenvalue weighted by Crippen LogP contribution is 2.16. The van der Waals surface area contributed by atoms with Crippen molar-refractivity contribution in [2.24, 2.45) is 5.92 Å². The minimum absolute atomic E-state index is 0.176. The molecule has 0 aliphatic carbocycles. The van der Waals surface area contributed by atoms with E-state index in [-0.39, 0.29) is 5.92 Å². The Balaban J connectivity index is 4.21. The molecule has 1 unspecified atom stereocenters. The van der Waals surface area contributed by atoms with Crippen LogP contribution < -0.4 is 0 Å². The highest BCUT2D eigenvalue weighted by atomic mass is 19.1. The fourth-order valence-electron chi connectivity index (χ4n) is 1.37. The van der Waals surface area contributed by atoms with E-state index in [9.17, 15) is 4.39 Å². The number of ether oxygens (including phenoxy) is 1. The molecule has 0 heterocycles. The number of hydrogen-bond acceptors (Lipinski definition) is 2. The maximum absolute atomic E-state index is 12.4. The molecule has 0 bridgehead atoms. The van der Waals surface area contributed by atoms with Crippen LogP contribution >= 0.6 is 0 Å². The zero-order valence-electron chi connectivity index (χ0n) is 9.01. The topological polar surface area (TPSA) is 12.5 Å². The fourth-order valence-corrected chi connectivity index (χ4v) is 1.37. The summed E-state index contributed by atoms with van der Waals surface area (Å²) in [6.07, 6.45) is 1.46. The van der Waals surface area contributed by atoms with Gasteiger partial charge in [-0.15, -0.1) is 0 Å². The first kappa shape index (κ1) is 12.6. The van der Waals surface area contributed by atoms with Crippen molar-refractivity contribution < 1.29 is 9.13 Å². The van der Waals surface area contributed by atoms with Crippen LogP contribution in [0.2, 0.25) is 0 Å². The molecule has 0 aliphatic rings. The van der Waals surface area contributed by atoms with Gasteiger partial charge >= 0.3 is 0 Å². The van der Waals surface area contributed by atoms with Gasteiger partial charge in [-0.3, -0.25) is 0 Å². The van der Waals surface area contributed by atoms with Crippen molar-refractivity contribution in [1.29, 1.82) is 0 Å². The number of nitrogens with zero attached hydrogens (tertiary/aromatic N) is 1. The van der Waals surface area contributed by atoms with E-state index >= 15 is 0 Å². The van der Waals surface area contributed by atoms with E-state index in [4.69, 9.17) is 4.74 Å². The second kappa shape index (κ2) is 7.04. The third-order valence-corrected chi connectivity index (χ3v) is 2.03. The van der Waals surface area contributed by atoms with Gasteiger partial charge in [0.25, 0.3) is 0 Å². The Morgan fingerprint density at radius 2 is 2.15 bits per heavy atom. The second-order valence-electron chi connectivity index (χ2n) is 3.45. The summed E-state index contributed by atoms with van der Waals surface area (Å²) >= 11 is 0. The Kier molecular flexibility index (Phi) is 6.82. The predicted molar refractivity (Wildman–Crippen MR) is 53.4 cm³/mol. The molecule has 0 saturated heterocycles. The molecule has 0 amide bonds. The summed E-state index contributed by atoms with van der Waals surface area (Å²) in [6, 6.07) is 0. The predicted octanol–water partition coefficient (Wildman–Crippen LogP) is 2.07. The lowest BCUT2D eigenvalue weighted by molar-refractivity contribution is 0.148. The van der Waals surface area contributed by atoms with Crippen molar-refractivity contribution in [3.05, 3.63) is 11.9 Å². The molecule has 2 nitrogen and oxygen atoms in total. The average Bonchev–Trinajstić information content (AvgIpc) is 2.05. The van der Waals surface area contributed by atoms with Crippen LogP contribution in [-0.2, 0) is 4.74 Å². The van der Waals surface area contributed by atoms with Gasteiger partial charge in [0.05, 0.1) is 12.9 Å². The van der Waals surface area contributed by atoms with E-state index < -0.39 is 0 Å². The lowest BCUT2D eigenvalue weighted by atomic mass is 9.98. The Hall–Kier alpha value is -0.410. The molecular formula is C10H20FNO. The van der Waals surface area contributed by atoms with Gasteiger partial charge in [0, 0.05) is 19.6 Å². The third kappa shape index (κ3) is 5.01. The Morgan fingerprint density at radius 1 is 1.54 bits per heavy atom. The van der Waals surface area contributed by atoms with Crippen LogP contribution in [0.4, 0.5) is 4.39 Å². The van der Waals surface area contributed by atoms with E-state index in [2.05, 4.69) is 0 Å². The summed E-state index contributed by atoms with van der Waals surface area (Å²) in [4.78, 5) is 2.04. The highest BCUT2D eigenvalue weighted by Gasteiger charge is 2.13. The van der Waals surface area contributed by atoms with Crippen molar-refractivity contribution >= 4 is 0 Å². The summed E-state index contributed by atoms with van der Waals surface area (Å²) in [5.41, 5.74) is 0.829. The number of hydrogen-bond donors (Lipinski definition) is 0. The first-order valence-corrected chi connectivity index (χ1v) is 4.58. The Labute approximate surface area is 80.4 Å². The van der Waals surface area contributed by atoms with Gasteiger partial charge < -0.3 is 9.64 Å². The lowest BCUT2D eigenvalue weighted by Crippen LogP contribution is -2.26. The summed E-state index contributed by atoms with van der Waals surface area (Å²) in [6.45, 7) is 3.38. The van der Waals surface area contributed by atoms with Crippen LogP contribution in [-0.4, -0.2) is 39.3 Å². The average molecular weight is 189 g/mol. The molecule has 0 aromatic rings. The molecule has 0 aromatic heterocycles. The Bertz CT molecular complexity index is 157. The van der Waals surface area contributed by atoms with Gasteiger partial charge in [0.15, 0.2) is 0 Å². The van der Waals surface area contributed by atoms with Gasteiger partial charge in [-0.1, -0.05) is 6.92 Å². The zero-order valence-corrected chi connectivity index (χ0v) is 9.01. The molecule has 0 spiro atoms. The summed E-state index contributed by atoms with van der Waals surface area (Å²) in [5.74, 6) is 0.176. The number of halogens is 1. The van der Waals surface area contributed by atoms with Gasteiger partial charge in [-0.05, 0) is 26.1 Å². The molecule has 0 rings (SSSR count). The van der Waals surface area contributed by atoms with Gasteiger partial charge in [0.1, 0.15) is 0 Å². The largest absolute Gasteiger partial charge is 0.384 e. The van der Waals surface area contributed by atoms with E-state index in [1.807, 2.05) is 25.9 Å². The first-order valence-electron chi connectivity index (χ1n) is 4.58. The van der Waals surface area contributed by atoms with Crippen LogP contribution in [0.5, 0.6) is 0 Å². The summed E-state index contributed by atoms with van der Waals surface area (Å²) < 4.78 is 17.5. The quantitative estimate of drug-likeness (QED) is 0.634. The fraction of sp³-hybridized carbons (Fsp3) is 0.800. The molecule has 1 atom stereocenters. The second-order valence-corrected chi connectivity index (χ2v) is 3.45. The van der Waals surface area contributed by atoms with Gasteiger partial charge in [-0.2, -0.15) is 0 Å². The maximum Gasteiger partial charge on any atom is 0.0862 e. The molecule has 0 aromatic carbocycles. The third-order valence-electron chi connectivity index (χ3n) is 2.03. The molecule has 0 aliphatic heterocycles. The van der Waals surface area contributed by atoms with Gasteiger partial charge in [-0.25, -0.2) is 4.39 Å². The maximum atomic E-state index is 12.4. The minimum Gasteiger partial charge on any atom is -0.384 e. The zero-order chi connectivity index (χ0) is 10.3. The van der Waals surface area contributed by atoms with E-state index in [1.54, 1.807) is 7.11 Å². The molecule has 0 fully saturated rings. The van der Waals surface area contributed by atoms with E-state index in [0.29, 0.717) is 12.9 Å². The molecule has 13 heavy (non-hydrogen) atoms. The number of rotatable bonds is 6. The van der Waals surface area contributed by atoms with Crippen LogP contribution in [0.1, 0.15) is 13.3 Å². The van der Waals surface area contributed by atoms with Gasteiger partial charge in [0.2, 0.25) is 0 Å². The van der Waals surface area contributed by atoms with Crippen molar-refractivity contribution in [3.63, 3.8) is 0 Å². The molecule has 0 N–H and O–H groups in total. The minimum atomic E-state index is 0.176. The van der Waals surface area contributed by atoms with E-state index in [1.165, 1.54) is 0 Å². The van der Waals surface area contributed by atoms with Crippen LogP contribution in [0, 0.1) is 5.92 Å². The molecular weight excluding hydrogens is 169 g/mol. The number of methoxy groups -OCH3 is 1. The van der Waals surface area contributed by atoms with Crippen LogP contribution in [0.25, 0.3) is 0 Å². The van der Waals surface area contributed by atoms with Crippen molar-refractivity contribution in [3.8, 4) is 0 Å². The first-order chi connectivity index (χ1) is 6.15.